The van der Waals surface area contributed by atoms with Crippen molar-refractivity contribution >= 4 is 11.5 Å². The first kappa shape index (κ1) is 40.7. The Morgan fingerprint density at radius 2 is 1.09 bits per heavy atom. The van der Waals surface area contributed by atoms with Gasteiger partial charge in [-0.3, -0.25) is 14.6 Å². The van der Waals surface area contributed by atoms with Gasteiger partial charge in [-0.2, -0.15) is 0 Å². The Morgan fingerprint density at radius 3 is 1.64 bits per heavy atom. The number of carbonyl (C=O) groups is 1. The van der Waals surface area contributed by atoms with E-state index in [1.54, 1.807) is 0 Å². The van der Waals surface area contributed by atoms with Gasteiger partial charge in [-0.25, -0.2) is 0 Å². The Kier molecular flexibility index (Phi) is 12.0. The van der Waals surface area contributed by atoms with Gasteiger partial charge < -0.3 is 95.2 Å². The second-order valence-electron chi connectivity index (χ2n) is 13.1. The minimum absolute atomic E-state index is 0.233. The third kappa shape index (κ3) is 7.51. The Labute approximate surface area is 308 Å². The predicted octanol–water partition coefficient (Wildman–Crippen LogP) is -5.52. The average Bonchev–Trinajstić information content (AvgIpc) is 3.30. The molecule has 0 spiro atoms. The zero-order valence-corrected chi connectivity index (χ0v) is 28.2. The largest absolute Gasteiger partial charge is 0.504 e. The molecule has 22 nitrogen and oxygen atoms in total. The molecule has 3 unspecified atom stereocenters. The summed E-state index contributed by atoms with van der Waals surface area (Å²) in [5.74, 6) is -5.23. The number of aliphatic hydroxyl groups is 12. The van der Waals surface area contributed by atoms with Crippen LogP contribution in [0.2, 0.25) is 0 Å². The van der Waals surface area contributed by atoms with Crippen LogP contribution in [-0.2, 0) is 23.8 Å². The van der Waals surface area contributed by atoms with Crippen molar-refractivity contribution in [2.45, 2.75) is 91.9 Å². The molecule has 0 aliphatic carbocycles. The van der Waals surface area contributed by atoms with Crippen molar-refractivity contribution in [3.63, 3.8) is 0 Å². The van der Waals surface area contributed by atoms with Gasteiger partial charge in [0.25, 0.3) is 0 Å². The van der Waals surface area contributed by atoms with E-state index in [-0.39, 0.29) is 5.56 Å². The van der Waals surface area contributed by atoms with Crippen molar-refractivity contribution in [2.75, 3.05) is 19.8 Å². The molecule has 55 heavy (non-hydrogen) atoms. The number of carbonyl (C=O) groups excluding carboxylic acids is 1. The molecule has 4 aliphatic heterocycles. The van der Waals surface area contributed by atoms with Gasteiger partial charge in [0.15, 0.2) is 17.2 Å². The van der Waals surface area contributed by atoms with Crippen molar-refractivity contribution in [1.29, 1.82) is 0 Å². The highest BCUT2D eigenvalue weighted by Gasteiger charge is 2.50. The van der Waals surface area contributed by atoms with E-state index < -0.39 is 163 Å². The van der Waals surface area contributed by atoms with Crippen LogP contribution in [0, 0.1) is 0 Å². The standard InChI is InChI=1S/C33H40O22/c34-6-15-19(39)23(43)26(46)30(50-15)11-4-10(49-32-27(47)24(44)20(40)16(7-35)51-32)5-14-18(11)22(42)31(29(55-54-14)9-1-2-12(37)13(38)3-9)53-33-28(48)25(45)21(41)17(8-36)52-33/h1-5,15-17,19-21,23-28,30,32-41,43-48H,6-8H2/t15-,16-,17-,19-,20-,21-,23-,24+,25+,26-,27-,28-,30?,32?,33?/m1/s1. The van der Waals surface area contributed by atoms with Crippen molar-refractivity contribution < 1.29 is 110 Å². The Bertz CT molecular complexity index is 1730. The number of benzene rings is 2. The van der Waals surface area contributed by atoms with Gasteiger partial charge in [-0.1, -0.05) is 0 Å². The highest BCUT2D eigenvalue weighted by atomic mass is 17.2. The minimum atomic E-state index is -2.09. The lowest BCUT2D eigenvalue weighted by Gasteiger charge is -2.41. The lowest BCUT2D eigenvalue weighted by molar-refractivity contribution is -0.290. The van der Waals surface area contributed by atoms with E-state index in [1.807, 2.05) is 0 Å². The smallest absolute Gasteiger partial charge is 0.236 e. The summed E-state index contributed by atoms with van der Waals surface area (Å²) in [6.07, 6.45) is -27.6. The van der Waals surface area contributed by atoms with Gasteiger partial charge in [0.05, 0.1) is 25.4 Å². The van der Waals surface area contributed by atoms with Crippen molar-refractivity contribution in [3.05, 3.63) is 52.8 Å². The van der Waals surface area contributed by atoms with Crippen molar-refractivity contribution in [2.24, 2.45) is 0 Å². The number of allylic oxidation sites excluding steroid dienone is 1. The normalized spacial score (nSPS) is 38.0. The highest BCUT2D eigenvalue weighted by molar-refractivity contribution is 6.14. The molecule has 0 amide bonds. The minimum Gasteiger partial charge on any atom is -0.504 e. The van der Waals surface area contributed by atoms with Gasteiger partial charge >= 0.3 is 0 Å². The van der Waals surface area contributed by atoms with E-state index in [2.05, 4.69) is 0 Å². The van der Waals surface area contributed by atoms with Crippen LogP contribution in [0.1, 0.15) is 27.6 Å². The number of fused-ring (bicyclic) bond motifs is 1. The van der Waals surface area contributed by atoms with Crippen LogP contribution in [0.5, 0.6) is 23.0 Å². The quantitative estimate of drug-likeness (QED) is 0.0832. The number of Topliss-reactive ketones (excluding diaryl/α,β-unsaturated/α-hetero) is 1. The second-order valence-corrected chi connectivity index (χ2v) is 13.1. The topological polar surface area (TPSA) is 365 Å². The average molecular weight is 789 g/mol. The summed E-state index contributed by atoms with van der Waals surface area (Å²) in [5, 5.41) is 145. The Hall–Kier alpha value is -3.95. The van der Waals surface area contributed by atoms with Crippen molar-refractivity contribution in [1.82, 2.24) is 0 Å². The van der Waals surface area contributed by atoms with E-state index in [0.717, 1.165) is 30.3 Å². The fourth-order valence-electron chi connectivity index (χ4n) is 6.44. The maximum atomic E-state index is 14.8. The summed E-state index contributed by atoms with van der Waals surface area (Å²) in [7, 11) is 0. The molecule has 0 bridgehead atoms. The van der Waals surface area contributed by atoms with Crippen LogP contribution in [0.15, 0.2) is 36.1 Å². The maximum Gasteiger partial charge on any atom is 0.236 e. The van der Waals surface area contributed by atoms with Crippen LogP contribution in [-0.4, -0.2) is 183 Å². The van der Waals surface area contributed by atoms with Crippen LogP contribution in [0.25, 0.3) is 5.76 Å². The molecule has 0 aromatic heterocycles. The van der Waals surface area contributed by atoms with Crippen LogP contribution in [0.3, 0.4) is 0 Å². The molecule has 3 fully saturated rings. The molecule has 6 rings (SSSR count). The zero-order chi connectivity index (χ0) is 40.0. The summed E-state index contributed by atoms with van der Waals surface area (Å²) in [5.41, 5.74) is -1.31. The number of aromatic hydroxyl groups is 2. The van der Waals surface area contributed by atoms with Crippen LogP contribution in [0.4, 0.5) is 0 Å². The molecule has 2 aromatic carbocycles. The van der Waals surface area contributed by atoms with Gasteiger partial charge in [-0.15, -0.1) is 0 Å². The molecule has 15 atom stereocenters. The zero-order valence-electron chi connectivity index (χ0n) is 28.2. The Balaban J connectivity index is 1.51. The Morgan fingerprint density at radius 1 is 0.564 bits per heavy atom. The van der Waals surface area contributed by atoms with Gasteiger partial charge in [-0.05, 0) is 24.3 Å². The second kappa shape index (κ2) is 16.3. The molecule has 22 heteroatoms. The first-order chi connectivity index (χ1) is 26.1. The number of aliphatic hydroxyl groups excluding tert-OH is 12. The number of ketones is 1. The van der Waals surface area contributed by atoms with E-state index in [1.165, 1.54) is 0 Å². The van der Waals surface area contributed by atoms with Crippen LogP contribution < -0.4 is 9.62 Å². The van der Waals surface area contributed by atoms with Gasteiger partial charge in [0, 0.05) is 17.2 Å². The van der Waals surface area contributed by atoms with E-state index in [9.17, 15) is 76.3 Å². The number of rotatable bonds is 9. The fourth-order valence-corrected chi connectivity index (χ4v) is 6.44. The first-order valence-corrected chi connectivity index (χ1v) is 16.7. The molecular formula is C33H40O22. The maximum absolute atomic E-state index is 14.8. The molecule has 0 radical (unpaired) electrons. The molecule has 2 aromatic rings. The molecule has 0 saturated carbocycles. The summed E-state index contributed by atoms with van der Waals surface area (Å²) < 4.78 is 28.1. The lowest BCUT2D eigenvalue weighted by atomic mass is 9.87. The monoisotopic (exact) mass is 788 g/mol. The predicted molar refractivity (Wildman–Crippen MR) is 171 cm³/mol. The first-order valence-electron chi connectivity index (χ1n) is 16.7. The molecule has 4 heterocycles. The molecule has 304 valence electrons. The number of phenolic OH excluding ortho intramolecular Hbond substituents is 2. The number of hydrogen-bond donors (Lipinski definition) is 14. The third-order valence-electron chi connectivity index (χ3n) is 9.58. The summed E-state index contributed by atoms with van der Waals surface area (Å²) in [4.78, 5) is 25.8. The summed E-state index contributed by atoms with van der Waals surface area (Å²) in [6, 6.07) is 4.97. The third-order valence-corrected chi connectivity index (χ3v) is 9.58. The molecule has 14 N–H and O–H groups in total. The van der Waals surface area contributed by atoms with Crippen molar-refractivity contribution in [3.8, 4) is 23.0 Å². The molecule has 4 aliphatic rings. The lowest BCUT2D eigenvalue weighted by Crippen LogP contribution is -2.60. The van der Waals surface area contributed by atoms with Gasteiger partial charge in [0.2, 0.25) is 29.9 Å². The highest BCUT2D eigenvalue weighted by Crippen LogP contribution is 2.45. The number of hydrogen-bond acceptors (Lipinski definition) is 22. The molecule has 3 saturated heterocycles. The SMILES string of the molecule is O=C1C(OC2O[C@H](CO)[C@@H](O)[C@H](O)[C@H]2O)=C(c2ccc(O)c(O)c2)OOc2cc(OC3O[C@H](CO)[C@@H](O)[C@H](O)[C@H]3O)cc(C3O[C@H](CO)[C@@H](O)[C@@H](O)[C@H]3O)c21. The summed E-state index contributed by atoms with van der Waals surface area (Å²) in [6.45, 7) is -2.62. The molecular weight excluding hydrogens is 748 g/mol. The van der Waals surface area contributed by atoms with Gasteiger partial charge in [0.1, 0.15) is 85.1 Å². The van der Waals surface area contributed by atoms with E-state index in [4.69, 9.17) is 33.5 Å². The van der Waals surface area contributed by atoms with E-state index in [0.29, 0.717) is 0 Å². The summed E-state index contributed by atoms with van der Waals surface area (Å²) >= 11 is 0. The fraction of sp³-hybridized carbons (Fsp3) is 0.545. The number of phenols is 2. The number of ether oxygens (including phenoxy) is 5. The van der Waals surface area contributed by atoms with Crippen LogP contribution >= 0.6 is 0 Å². The van der Waals surface area contributed by atoms with E-state index >= 15 is 0 Å².